The van der Waals surface area contributed by atoms with E-state index in [0.717, 1.165) is 16.3 Å². The van der Waals surface area contributed by atoms with Crippen LogP contribution < -0.4 is 20.3 Å². The first-order valence-electron chi connectivity index (χ1n) is 10.4. The summed E-state index contributed by atoms with van der Waals surface area (Å²) in [4.78, 5) is 38.0. The first-order chi connectivity index (χ1) is 15.9. The molecule has 0 bridgehead atoms. The highest BCUT2D eigenvalue weighted by atomic mass is 32.1. The van der Waals surface area contributed by atoms with Crippen LogP contribution in [0.3, 0.4) is 0 Å². The first-order valence-corrected chi connectivity index (χ1v) is 11.2. The Balaban J connectivity index is 1.36. The molecule has 3 amide bonds. The topological polar surface area (TPSA) is 114 Å². The Morgan fingerprint density at radius 1 is 1.12 bits per heavy atom. The van der Waals surface area contributed by atoms with E-state index in [-0.39, 0.29) is 30.7 Å². The Bertz CT molecular complexity index is 1180. The van der Waals surface area contributed by atoms with Gasteiger partial charge in [0, 0.05) is 43.2 Å². The van der Waals surface area contributed by atoms with Crippen LogP contribution in [-0.2, 0) is 20.8 Å². The number of rotatable bonds is 7. The van der Waals surface area contributed by atoms with Gasteiger partial charge in [0.15, 0.2) is 0 Å². The molecule has 10 heteroatoms. The van der Waals surface area contributed by atoms with Crippen LogP contribution in [0, 0.1) is 5.92 Å². The molecule has 0 radical (unpaired) electrons. The van der Waals surface area contributed by atoms with E-state index >= 15 is 0 Å². The molecule has 33 heavy (non-hydrogen) atoms. The molecule has 0 saturated carbocycles. The van der Waals surface area contributed by atoms with Crippen molar-refractivity contribution in [2.45, 2.75) is 19.8 Å². The van der Waals surface area contributed by atoms with Crippen molar-refractivity contribution < 1.29 is 19.1 Å². The molecule has 1 aromatic heterocycles. The predicted molar refractivity (Wildman–Crippen MR) is 126 cm³/mol. The van der Waals surface area contributed by atoms with Crippen LogP contribution in [0.15, 0.2) is 48.5 Å². The number of ether oxygens (including phenoxy) is 1. The summed E-state index contributed by atoms with van der Waals surface area (Å²) >= 11 is 1.30. The number of anilines is 3. The van der Waals surface area contributed by atoms with Crippen LogP contribution >= 0.6 is 11.3 Å². The van der Waals surface area contributed by atoms with Crippen molar-refractivity contribution in [1.82, 2.24) is 10.2 Å². The number of methoxy groups -OCH3 is 1. The van der Waals surface area contributed by atoms with Gasteiger partial charge in [-0.05, 0) is 30.3 Å². The Kier molecular flexibility index (Phi) is 6.64. The Morgan fingerprint density at radius 3 is 2.61 bits per heavy atom. The summed E-state index contributed by atoms with van der Waals surface area (Å²) in [5, 5.41) is 14.9. The van der Waals surface area contributed by atoms with Crippen molar-refractivity contribution in [3.8, 4) is 5.75 Å². The molecule has 9 nitrogen and oxygen atoms in total. The molecule has 4 rings (SSSR count). The van der Waals surface area contributed by atoms with E-state index in [1.807, 2.05) is 24.3 Å². The zero-order chi connectivity index (χ0) is 23.4. The molecular formula is C23H23N5O4S. The van der Waals surface area contributed by atoms with Gasteiger partial charge in [-0.1, -0.05) is 29.5 Å². The third kappa shape index (κ3) is 5.35. The van der Waals surface area contributed by atoms with Crippen molar-refractivity contribution in [3.05, 3.63) is 59.1 Å². The lowest BCUT2D eigenvalue weighted by atomic mass is 10.1. The number of aromatic nitrogens is 2. The third-order valence-electron chi connectivity index (χ3n) is 5.23. The van der Waals surface area contributed by atoms with Gasteiger partial charge in [0.1, 0.15) is 10.8 Å². The van der Waals surface area contributed by atoms with Gasteiger partial charge in [-0.25, -0.2) is 0 Å². The predicted octanol–water partition coefficient (Wildman–Crippen LogP) is 3.09. The van der Waals surface area contributed by atoms with Crippen LogP contribution in [0.1, 0.15) is 23.9 Å². The highest BCUT2D eigenvalue weighted by molar-refractivity contribution is 7.15. The SMILES string of the molecule is COc1ccccc1Cc1nnc(NC(=O)C2CC(=O)N(c3ccc(NC(C)=O)cc3)C2)s1. The standard InChI is InChI=1S/C23H23N5O4S/c1-14(29)24-17-7-9-18(10-8-17)28-13-16(12-21(28)30)22(31)25-23-27-26-20(33-23)11-15-5-3-4-6-19(15)32-2/h3-10,16H,11-13H2,1-2H3,(H,24,29)(H,25,27,31). The maximum absolute atomic E-state index is 12.8. The van der Waals surface area contributed by atoms with Crippen LogP contribution in [0.5, 0.6) is 5.75 Å². The Morgan fingerprint density at radius 2 is 1.88 bits per heavy atom. The summed E-state index contributed by atoms with van der Waals surface area (Å²) in [7, 11) is 1.62. The van der Waals surface area contributed by atoms with Crippen LogP contribution in [-0.4, -0.2) is 41.6 Å². The molecule has 2 N–H and O–H groups in total. The van der Waals surface area contributed by atoms with E-state index < -0.39 is 5.92 Å². The zero-order valence-electron chi connectivity index (χ0n) is 18.2. The fraction of sp³-hybridized carbons (Fsp3) is 0.261. The van der Waals surface area contributed by atoms with Crippen LogP contribution in [0.25, 0.3) is 0 Å². The van der Waals surface area contributed by atoms with E-state index in [0.29, 0.717) is 22.9 Å². The summed E-state index contributed by atoms with van der Waals surface area (Å²) in [6, 6.07) is 14.6. The number of nitrogens with zero attached hydrogens (tertiary/aromatic N) is 3. The Labute approximate surface area is 194 Å². The Hall–Kier alpha value is -3.79. The molecule has 170 valence electrons. The smallest absolute Gasteiger partial charge is 0.231 e. The third-order valence-corrected chi connectivity index (χ3v) is 6.07. The zero-order valence-corrected chi connectivity index (χ0v) is 19.0. The number of carbonyl (C=O) groups is 3. The minimum absolute atomic E-state index is 0.117. The molecule has 3 aromatic rings. The van der Waals surface area contributed by atoms with Crippen molar-refractivity contribution in [2.75, 3.05) is 29.2 Å². The largest absolute Gasteiger partial charge is 0.496 e. The minimum atomic E-state index is -0.492. The lowest BCUT2D eigenvalue weighted by Crippen LogP contribution is -2.28. The average molecular weight is 466 g/mol. The summed E-state index contributed by atoms with van der Waals surface area (Å²) < 4.78 is 5.37. The van der Waals surface area contributed by atoms with Gasteiger partial charge in [0.2, 0.25) is 22.9 Å². The second kappa shape index (κ2) is 9.78. The fourth-order valence-corrected chi connectivity index (χ4v) is 4.42. The van der Waals surface area contributed by atoms with E-state index in [1.54, 1.807) is 36.3 Å². The molecule has 2 aromatic carbocycles. The number of carbonyl (C=O) groups excluding carboxylic acids is 3. The summed E-state index contributed by atoms with van der Waals surface area (Å²) in [6.45, 7) is 1.71. The fourth-order valence-electron chi connectivity index (χ4n) is 3.66. The molecule has 1 atom stereocenters. The van der Waals surface area contributed by atoms with Crippen molar-refractivity contribution in [2.24, 2.45) is 5.92 Å². The summed E-state index contributed by atoms with van der Waals surface area (Å²) in [6.07, 6.45) is 0.661. The first kappa shape index (κ1) is 22.4. The monoisotopic (exact) mass is 465 g/mol. The van der Waals surface area contributed by atoms with Gasteiger partial charge in [0.05, 0.1) is 13.0 Å². The maximum atomic E-state index is 12.8. The quantitative estimate of drug-likeness (QED) is 0.554. The normalized spacial score (nSPS) is 15.4. The molecular weight excluding hydrogens is 442 g/mol. The molecule has 1 aliphatic rings. The maximum Gasteiger partial charge on any atom is 0.231 e. The van der Waals surface area contributed by atoms with Crippen molar-refractivity contribution in [1.29, 1.82) is 0 Å². The van der Waals surface area contributed by atoms with Gasteiger partial charge >= 0.3 is 0 Å². The second-order valence-electron chi connectivity index (χ2n) is 7.61. The lowest BCUT2D eigenvalue weighted by Gasteiger charge is -2.17. The highest BCUT2D eigenvalue weighted by Gasteiger charge is 2.35. The molecule has 2 heterocycles. The lowest BCUT2D eigenvalue weighted by molar-refractivity contribution is -0.122. The van der Waals surface area contributed by atoms with E-state index in [2.05, 4.69) is 20.8 Å². The van der Waals surface area contributed by atoms with E-state index in [4.69, 9.17) is 4.74 Å². The van der Waals surface area contributed by atoms with E-state index in [9.17, 15) is 14.4 Å². The number of amides is 3. The average Bonchev–Trinajstić information content (AvgIpc) is 3.40. The van der Waals surface area contributed by atoms with E-state index in [1.165, 1.54) is 18.3 Å². The van der Waals surface area contributed by atoms with Crippen molar-refractivity contribution >= 4 is 45.6 Å². The van der Waals surface area contributed by atoms with Gasteiger partial charge in [0.25, 0.3) is 0 Å². The van der Waals surface area contributed by atoms with Crippen LogP contribution in [0.2, 0.25) is 0 Å². The van der Waals surface area contributed by atoms with Gasteiger partial charge in [-0.2, -0.15) is 0 Å². The number of hydrogen-bond donors (Lipinski definition) is 2. The summed E-state index contributed by atoms with van der Waals surface area (Å²) in [5.74, 6) is -0.279. The van der Waals surface area contributed by atoms with Crippen molar-refractivity contribution in [3.63, 3.8) is 0 Å². The number of hydrogen-bond acceptors (Lipinski definition) is 7. The second-order valence-corrected chi connectivity index (χ2v) is 8.67. The molecule has 0 aliphatic carbocycles. The number of nitrogens with one attached hydrogen (secondary N) is 2. The minimum Gasteiger partial charge on any atom is -0.496 e. The highest BCUT2D eigenvalue weighted by Crippen LogP contribution is 2.28. The molecule has 1 unspecified atom stereocenters. The molecule has 1 fully saturated rings. The number of para-hydroxylation sites is 1. The van der Waals surface area contributed by atoms with Gasteiger partial charge in [-0.15, -0.1) is 10.2 Å². The number of benzene rings is 2. The molecule has 1 saturated heterocycles. The van der Waals surface area contributed by atoms with Gasteiger partial charge in [-0.3, -0.25) is 14.4 Å². The molecule has 0 spiro atoms. The van der Waals surface area contributed by atoms with Crippen LogP contribution in [0.4, 0.5) is 16.5 Å². The van der Waals surface area contributed by atoms with Gasteiger partial charge < -0.3 is 20.3 Å². The molecule has 1 aliphatic heterocycles. The summed E-state index contributed by atoms with van der Waals surface area (Å²) in [5.41, 5.74) is 2.31.